The highest BCUT2D eigenvalue weighted by molar-refractivity contribution is 5.28. The fourth-order valence-corrected chi connectivity index (χ4v) is 1.94. The first-order chi connectivity index (χ1) is 7.68. The molecule has 1 nitrogen and oxygen atoms in total. The van der Waals surface area contributed by atoms with Crippen LogP contribution in [0.15, 0.2) is 24.3 Å². The van der Waals surface area contributed by atoms with E-state index in [1.807, 2.05) is 0 Å². The van der Waals surface area contributed by atoms with Crippen LogP contribution >= 0.6 is 0 Å². The largest absolute Gasteiger partial charge is 0.326 e. The number of hydrogen-bond donors (Lipinski definition) is 1. The molecule has 0 radical (unpaired) electrons. The third kappa shape index (κ3) is 5.36. The van der Waals surface area contributed by atoms with Crippen LogP contribution in [0.4, 0.5) is 0 Å². The summed E-state index contributed by atoms with van der Waals surface area (Å²) in [6.45, 7) is 11.0. The van der Waals surface area contributed by atoms with Crippen LogP contribution in [0.5, 0.6) is 0 Å². The summed E-state index contributed by atoms with van der Waals surface area (Å²) in [5.41, 5.74) is 9.05. The molecule has 0 saturated heterocycles. The molecule has 0 aliphatic carbocycles. The number of benzene rings is 1. The predicted molar refractivity (Wildman–Crippen MR) is 76.3 cm³/mol. The predicted octanol–water partition coefficient (Wildman–Crippen LogP) is 4.04. The normalized spacial score (nSPS) is 12.8. The molecule has 0 fully saturated rings. The molecule has 17 heavy (non-hydrogen) atoms. The van der Waals surface area contributed by atoms with Crippen LogP contribution in [0, 0.1) is 0 Å². The Morgan fingerprint density at radius 2 is 1.71 bits per heavy atom. The molecule has 0 bridgehead atoms. The third-order valence-corrected chi connectivity index (χ3v) is 3.08. The highest BCUT2D eigenvalue weighted by atomic mass is 14.7. The fraction of sp³-hybridized carbons (Fsp3) is 0.625. The summed E-state index contributed by atoms with van der Waals surface area (Å²) in [6, 6.07) is 8.95. The van der Waals surface area contributed by atoms with E-state index in [4.69, 9.17) is 5.73 Å². The van der Waals surface area contributed by atoms with E-state index < -0.39 is 0 Å². The quantitative estimate of drug-likeness (QED) is 0.834. The maximum Gasteiger partial charge on any atom is 0.00971 e. The Kier molecular flexibility index (Phi) is 4.37. The van der Waals surface area contributed by atoms with Crippen LogP contribution in [0.25, 0.3) is 0 Å². The summed E-state index contributed by atoms with van der Waals surface area (Å²) in [5, 5.41) is 0. The molecule has 0 spiro atoms. The summed E-state index contributed by atoms with van der Waals surface area (Å²) in [6.07, 6.45) is 3.37. The summed E-state index contributed by atoms with van der Waals surface area (Å²) in [5.74, 6) is 0. The molecular formula is C16H27N. The van der Waals surface area contributed by atoms with E-state index in [-0.39, 0.29) is 11.0 Å². The van der Waals surface area contributed by atoms with Crippen molar-refractivity contribution in [3.8, 4) is 0 Å². The second kappa shape index (κ2) is 5.22. The van der Waals surface area contributed by atoms with Gasteiger partial charge in [-0.05, 0) is 49.7 Å². The summed E-state index contributed by atoms with van der Waals surface area (Å²) in [7, 11) is 0. The molecule has 0 unspecified atom stereocenters. The maximum absolute atomic E-state index is 6.00. The number of rotatable bonds is 4. The SMILES string of the molecule is CC(C)(N)CCCc1cccc(C(C)(C)C)c1. The highest BCUT2D eigenvalue weighted by Gasteiger charge is 2.14. The van der Waals surface area contributed by atoms with E-state index in [2.05, 4.69) is 58.9 Å². The number of nitrogens with two attached hydrogens (primary N) is 1. The van der Waals surface area contributed by atoms with Crippen LogP contribution in [0.2, 0.25) is 0 Å². The molecule has 0 atom stereocenters. The van der Waals surface area contributed by atoms with Crippen molar-refractivity contribution < 1.29 is 0 Å². The Morgan fingerprint density at radius 1 is 1.06 bits per heavy atom. The summed E-state index contributed by atoms with van der Waals surface area (Å²) >= 11 is 0. The molecule has 2 N–H and O–H groups in total. The lowest BCUT2D eigenvalue weighted by Gasteiger charge is -2.20. The van der Waals surface area contributed by atoms with Gasteiger partial charge in [0.15, 0.2) is 0 Å². The van der Waals surface area contributed by atoms with E-state index in [0.29, 0.717) is 0 Å². The molecule has 0 aliphatic heterocycles. The number of aryl methyl sites for hydroxylation is 1. The van der Waals surface area contributed by atoms with Gasteiger partial charge in [0.25, 0.3) is 0 Å². The Labute approximate surface area is 106 Å². The molecule has 0 aromatic heterocycles. The Bertz CT molecular complexity index is 353. The van der Waals surface area contributed by atoms with Crippen molar-refractivity contribution in [1.29, 1.82) is 0 Å². The van der Waals surface area contributed by atoms with Gasteiger partial charge in [0.05, 0.1) is 0 Å². The van der Waals surface area contributed by atoms with E-state index in [1.165, 1.54) is 11.1 Å². The monoisotopic (exact) mass is 233 g/mol. The van der Waals surface area contributed by atoms with Crippen molar-refractivity contribution in [2.45, 2.75) is 64.8 Å². The minimum Gasteiger partial charge on any atom is -0.326 e. The summed E-state index contributed by atoms with van der Waals surface area (Å²) < 4.78 is 0. The van der Waals surface area contributed by atoms with Gasteiger partial charge < -0.3 is 5.73 Å². The van der Waals surface area contributed by atoms with Gasteiger partial charge in [-0.3, -0.25) is 0 Å². The first-order valence-electron chi connectivity index (χ1n) is 6.57. The van der Waals surface area contributed by atoms with Crippen molar-refractivity contribution in [2.75, 3.05) is 0 Å². The standard InChI is InChI=1S/C16H27N/c1-15(2,3)14-10-6-8-13(12-14)9-7-11-16(4,5)17/h6,8,10,12H,7,9,11,17H2,1-5H3. The fourth-order valence-electron chi connectivity index (χ4n) is 1.94. The molecule has 1 aromatic rings. The van der Waals surface area contributed by atoms with Crippen LogP contribution in [-0.4, -0.2) is 5.54 Å². The first kappa shape index (κ1) is 14.2. The average molecular weight is 233 g/mol. The zero-order chi connectivity index (χ0) is 13.1. The van der Waals surface area contributed by atoms with Crippen molar-refractivity contribution in [3.05, 3.63) is 35.4 Å². The van der Waals surface area contributed by atoms with Crippen molar-refractivity contribution in [1.82, 2.24) is 0 Å². The van der Waals surface area contributed by atoms with Crippen molar-refractivity contribution in [2.24, 2.45) is 5.73 Å². The lowest BCUT2D eigenvalue weighted by molar-refractivity contribution is 0.459. The van der Waals surface area contributed by atoms with Gasteiger partial charge in [0, 0.05) is 5.54 Å². The van der Waals surface area contributed by atoms with Crippen LogP contribution in [0.1, 0.15) is 58.6 Å². The summed E-state index contributed by atoms with van der Waals surface area (Å²) in [4.78, 5) is 0. The second-order valence-corrected chi connectivity index (χ2v) is 6.79. The van der Waals surface area contributed by atoms with Crippen LogP contribution < -0.4 is 5.73 Å². The van der Waals surface area contributed by atoms with Crippen LogP contribution in [0.3, 0.4) is 0 Å². The average Bonchev–Trinajstić information content (AvgIpc) is 2.15. The zero-order valence-electron chi connectivity index (χ0n) is 12.0. The van der Waals surface area contributed by atoms with Gasteiger partial charge in [-0.1, -0.05) is 45.0 Å². The van der Waals surface area contributed by atoms with Gasteiger partial charge in [0.2, 0.25) is 0 Å². The molecule has 0 heterocycles. The highest BCUT2D eigenvalue weighted by Crippen LogP contribution is 2.23. The lowest BCUT2D eigenvalue weighted by Crippen LogP contribution is -2.31. The maximum atomic E-state index is 6.00. The molecule has 0 amide bonds. The Morgan fingerprint density at radius 3 is 2.24 bits per heavy atom. The van der Waals surface area contributed by atoms with Gasteiger partial charge in [0.1, 0.15) is 0 Å². The molecule has 1 rings (SSSR count). The molecule has 0 aliphatic rings. The molecule has 96 valence electrons. The minimum atomic E-state index is -0.0400. The molecule has 1 heteroatoms. The number of hydrogen-bond acceptors (Lipinski definition) is 1. The lowest BCUT2D eigenvalue weighted by atomic mass is 9.85. The minimum absolute atomic E-state index is 0.0400. The molecular weight excluding hydrogens is 206 g/mol. The van der Waals surface area contributed by atoms with Crippen molar-refractivity contribution in [3.63, 3.8) is 0 Å². The van der Waals surface area contributed by atoms with Gasteiger partial charge >= 0.3 is 0 Å². The van der Waals surface area contributed by atoms with E-state index in [0.717, 1.165) is 19.3 Å². The van der Waals surface area contributed by atoms with E-state index >= 15 is 0 Å². The zero-order valence-corrected chi connectivity index (χ0v) is 12.0. The third-order valence-electron chi connectivity index (χ3n) is 3.08. The molecule has 0 saturated carbocycles. The van der Waals surface area contributed by atoms with Gasteiger partial charge in [-0.2, -0.15) is 0 Å². The second-order valence-electron chi connectivity index (χ2n) is 6.79. The van der Waals surface area contributed by atoms with Gasteiger partial charge in [-0.15, -0.1) is 0 Å². The van der Waals surface area contributed by atoms with Crippen LogP contribution in [-0.2, 0) is 11.8 Å². The Balaban J connectivity index is 2.61. The van der Waals surface area contributed by atoms with Crippen molar-refractivity contribution >= 4 is 0 Å². The topological polar surface area (TPSA) is 26.0 Å². The smallest absolute Gasteiger partial charge is 0.00971 e. The van der Waals surface area contributed by atoms with Gasteiger partial charge in [-0.25, -0.2) is 0 Å². The first-order valence-corrected chi connectivity index (χ1v) is 6.57. The Hall–Kier alpha value is -0.820. The van der Waals surface area contributed by atoms with E-state index in [1.54, 1.807) is 0 Å². The molecule has 1 aromatic carbocycles. The van der Waals surface area contributed by atoms with E-state index in [9.17, 15) is 0 Å².